The topological polar surface area (TPSA) is 55.6 Å². The fourth-order valence-corrected chi connectivity index (χ4v) is 4.00. The van der Waals surface area contributed by atoms with Crippen molar-refractivity contribution in [2.45, 2.75) is 57.0 Å². The third-order valence-corrected chi connectivity index (χ3v) is 5.41. The van der Waals surface area contributed by atoms with Crippen LogP contribution >= 0.6 is 0 Å². The molecule has 0 spiro atoms. The lowest BCUT2D eigenvalue weighted by Crippen LogP contribution is -2.80. The summed E-state index contributed by atoms with van der Waals surface area (Å²) in [6.45, 7) is 2.95. The van der Waals surface area contributed by atoms with Crippen LogP contribution in [-0.2, 0) is 9.53 Å². The Kier molecular flexibility index (Phi) is 3.12. The molecule has 3 unspecified atom stereocenters. The molecular weight excluding hydrogens is 285 g/mol. The molecule has 7 heteroatoms. The van der Waals surface area contributed by atoms with Gasteiger partial charge < -0.3 is 15.4 Å². The van der Waals surface area contributed by atoms with Crippen molar-refractivity contribution in [1.82, 2.24) is 4.90 Å². The van der Waals surface area contributed by atoms with E-state index >= 15 is 0 Å². The largest absolute Gasteiger partial charge is 0.406 e. The van der Waals surface area contributed by atoms with Gasteiger partial charge in [-0.2, -0.15) is 13.2 Å². The Morgan fingerprint density at radius 2 is 1.95 bits per heavy atom. The predicted octanol–water partition coefficient (Wildman–Crippen LogP) is 1.68. The van der Waals surface area contributed by atoms with Gasteiger partial charge in [-0.25, -0.2) is 0 Å². The normalized spacial score (nSPS) is 37.8. The first kappa shape index (κ1) is 15.1. The van der Waals surface area contributed by atoms with E-state index in [-0.39, 0.29) is 18.1 Å². The minimum Gasteiger partial charge on any atom is -0.377 e. The number of rotatable bonds is 3. The number of carbonyl (C=O) groups excluding carboxylic acids is 1. The number of fused-ring (bicyclic) bond motifs is 1. The third-order valence-electron chi connectivity index (χ3n) is 5.41. The Hall–Kier alpha value is -0.820. The number of carbonyl (C=O) groups is 1. The van der Waals surface area contributed by atoms with Gasteiger partial charge in [-0.15, -0.1) is 0 Å². The van der Waals surface area contributed by atoms with E-state index in [1.165, 1.54) is 0 Å². The number of amides is 1. The molecule has 0 radical (unpaired) electrons. The molecule has 1 aliphatic heterocycles. The van der Waals surface area contributed by atoms with E-state index < -0.39 is 29.6 Å². The highest BCUT2D eigenvalue weighted by Crippen LogP contribution is 2.59. The van der Waals surface area contributed by atoms with Crippen molar-refractivity contribution < 1.29 is 22.7 Å². The van der Waals surface area contributed by atoms with E-state index in [9.17, 15) is 18.0 Å². The Morgan fingerprint density at radius 3 is 2.48 bits per heavy atom. The zero-order valence-corrected chi connectivity index (χ0v) is 12.2. The number of nitrogens with two attached hydrogens (primary N) is 1. The fourth-order valence-electron chi connectivity index (χ4n) is 4.00. The smallest absolute Gasteiger partial charge is 0.377 e. The van der Waals surface area contributed by atoms with Crippen LogP contribution in [0.15, 0.2) is 0 Å². The van der Waals surface area contributed by atoms with Crippen molar-refractivity contribution in [3.8, 4) is 0 Å². The molecule has 0 aromatic rings. The van der Waals surface area contributed by atoms with Gasteiger partial charge in [0.1, 0.15) is 12.1 Å². The second-order valence-corrected chi connectivity index (χ2v) is 7.06. The summed E-state index contributed by atoms with van der Waals surface area (Å²) in [6.07, 6.45) is -2.63. The quantitative estimate of drug-likeness (QED) is 0.863. The average Bonchev–Trinajstić information content (AvgIpc) is 3.09. The number of nitrogens with zero attached hydrogens (tertiary/aromatic N) is 1. The molecule has 3 aliphatic rings. The standard InChI is InChI=1S/C14H21F3N2O2/c1-12(2)10-9(5-6-21-10)14(12,18)11(20)19(8-3-4-8)7-13(15,16)17/h8-10H,3-7,18H2,1-2H3. The molecule has 3 rings (SSSR count). The molecule has 4 nitrogen and oxygen atoms in total. The Morgan fingerprint density at radius 1 is 1.33 bits per heavy atom. The number of hydrogen-bond acceptors (Lipinski definition) is 3. The summed E-state index contributed by atoms with van der Waals surface area (Å²) in [7, 11) is 0. The maximum absolute atomic E-state index is 12.8. The first-order chi connectivity index (χ1) is 9.59. The van der Waals surface area contributed by atoms with E-state index in [0.29, 0.717) is 25.9 Å². The number of halogens is 3. The molecule has 1 heterocycles. The second-order valence-electron chi connectivity index (χ2n) is 7.06. The molecule has 1 amide bonds. The first-order valence-corrected chi connectivity index (χ1v) is 7.37. The summed E-state index contributed by atoms with van der Waals surface area (Å²) in [5.41, 5.74) is 4.47. The summed E-state index contributed by atoms with van der Waals surface area (Å²) in [5, 5.41) is 0. The third kappa shape index (κ3) is 2.08. The van der Waals surface area contributed by atoms with Crippen LogP contribution in [0.25, 0.3) is 0 Å². The lowest BCUT2D eigenvalue weighted by molar-refractivity contribution is -0.196. The van der Waals surface area contributed by atoms with E-state index in [1.54, 1.807) is 0 Å². The molecule has 0 aromatic carbocycles. The second kappa shape index (κ2) is 4.35. The Bertz CT molecular complexity index is 462. The average molecular weight is 306 g/mol. The van der Waals surface area contributed by atoms with Crippen LogP contribution in [0.4, 0.5) is 13.2 Å². The van der Waals surface area contributed by atoms with Crippen LogP contribution < -0.4 is 5.73 Å². The van der Waals surface area contributed by atoms with Gasteiger partial charge in [-0.3, -0.25) is 4.79 Å². The molecular formula is C14H21F3N2O2. The van der Waals surface area contributed by atoms with Gasteiger partial charge in [-0.1, -0.05) is 13.8 Å². The van der Waals surface area contributed by atoms with Crippen molar-refractivity contribution in [2.75, 3.05) is 13.2 Å². The van der Waals surface area contributed by atoms with Gasteiger partial charge in [0.2, 0.25) is 5.91 Å². The summed E-state index contributed by atoms with van der Waals surface area (Å²) in [6, 6.07) is -0.309. The number of ether oxygens (including phenoxy) is 1. The van der Waals surface area contributed by atoms with Crippen molar-refractivity contribution in [2.24, 2.45) is 17.1 Å². The van der Waals surface area contributed by atoms with Gasteiger partial charge in [0.25, 0.3) is 0 Å². The van der Waals surface area contributed by atoms with Crippen molar-refractivity contribution in [1.29, 1.82) is 0 Å². The Balaban J connectivity index is 1.85. The van der Waals surface area contributed by atoms with Crippen LogP contribution in [0.3, 0.4) is 0 Å². The molecule has 3 fully saturated rings. The summed E-state index contributed by atoms with van der Waals surface area (Å²) in [4.78, 5) is 13.8. The molecule has 1 saturated heterocycles. The zero-order valence-electron chi connectivity index (χ0n) is 12.2. The molecule has 120 valence electrons. The van der Waals surface area contributed by atoms with Crippen LogP contribution in [-0.4, -0.2) is 47.8 Å². The van der Waals surface area contributed by atoms with Crippen LogP contribution in [0.1, 0.15) is 33.1 Å². The highest BCUT2D eigenvalue weighted by Gasteiger charge is 2.72. The van der Waals surface area contributed by atoms with Crippen molar-refractivity contribution in [3.05, 3.63) is 0 Å². The van der Waals surface area contributed by atoms with E-state index in [4.69, 9.17) is 10.5 Å². The summed E-state index contributed by atoms with van der Waals surface area (Å²) >= 11 is 0. The molecule has 0 bridgehead atoms. The minimum atomic E-state index is -4.39. The zero-order chi connectivity index (χ0) is 15.6. The van der Waals surface area contributed by atoms with Gasteiger partial charge in [0.15, 0.2) is 0 Å². The SMILES string of the molecule is CC1(C)C2OCCC2C1(N)C(=O)N(CC(F)(F)F)C1CC1. The van der Waals surface area contributed by atoms with Gasteiger partial charge in [0.05, 0.1) is 6.10 Å². The maximum atomic E-state index is 12.8. The highest BCUT2D eigenvalue weighted by molar-refractivity contribution is 5.90. The number of alkyl halides is 3. The fraction of sp³-hybridized carbons (Fsp3) is 0.929. The highest BCUT2D eigenvalue weighted by atomic mass is 19.4. The van der Waals surface area contributed by atoms with Crippen LogP contribution in [0.5, 0.6) is 0 Å². The monoisotopic (exact) mass is 306 g/mol. The van der Waals surface area contributed by atoms with E-state index in [0.717, 1.165) is 4.90 Å². The van der Waals surface area contributed by atoms with E-state index in [2.05, 4.69) is 0 Å². The first-order valence-electron chi connectivity index (χ1n) is 7.37. The van der Waals surface area contributed by atoms with Gasteiger partial charge in [-0.05, 0) is 19.3 Å². The van der Waals surface area contributed by atoms with Gasteiger partial charge >= 0.3 is 6.18 Å². The molecule has 2 N–H and O–H groups in total. The lowest BCUT2D eigenvalue weighted by atomic mass is 9.47. The summed E-state index contributed by atoms with van der Waals surface area (Å²) in [5.74, 6) is -0.728. The van der Waals surface area contributed by atoms with Crippen LogP contribution in [0.2, 0.25) is 0 Å². The number of hydrogen-bond donors (Lipinski definition) is 1. The molecule has 2 aliphatic carbocycles. The summed E-state index contributed by atoms with van der Waals surface area (Å²) < 4.78 is 43.9. The lowest BCUT2D eigenvalue weighted by Gasteiger charge is -2.61. The van der Waals surface area contributed by atoms with Crippen LogP contribution in [0, 0.1) is 11.3 Å². The van der Waals surface area contributed by atoms with Gasteiger partial charge in [0, 0.05) is 24.0 Å². The van der Waals surface area contributed by atoms with Crippen molar-refractivity contribution >= 4 is 5.91 Å². The maximum Gasteiger partial charge on any atom is 0.406 e. The van der Waals surface area contributed by atoms with E-state index in [1.807, 2.05) is 13.8 Å². The minimum absolute atomic E-state index is 0.126. The molecule has 2 saturated carbocycles. The molecule has 0 aromatic heterocycles. The molecule has 21 heavy (non-hydrogen) atoms. The van der Waals surface area contributed by atoms with Crippen molar-refractivity contribution in [3.63, 3.8) is 0 Å². The predicted molar refractivity (Wildman–Crippen MR) is 69.3 cm³/mol. The Labute approximate surface area is 121 Å². The molecule has 3 atom stereocenters.